The predicted molar refractivity (Wildman–Crippen MR) is 93.7 cm³/mol. The number of ether oxygens (including phenoxy) is 1. The van der Waals surface area contributed by atoms with Crippen LogP contribution in [0, 0.1) is 0 Å². The van der Waals surface area contributed by atoms with Crippen molar-refractivity contribution >= 4 is 28.9 Å². The molecule has 0 radical (unpaired) electrons. The van der Waals surface area contributed by atoms with Crippen LogP contribution >= 0.6 is 22.9 Å². The van der Waals surface area contributed by atoms with Crippen LogP contribution in [-0.2, 0) is 0 Å². The highest BCUT2D eigenvalue weighted by atomic mass is 35.5. The Morgan fingerprint density at radius 3 is 2.39 bits per heavy atom. The van der Waals surface area contributed by atoms with Crippen molar-refractivity contribution in [2.24, 2.45) is 0 Å². The third kappa shape index (κ3) is 3.09. The number of carboxylic acid groups (broad SMARTS) is 1. The van der Waals surface area contributed by atoms with Crippen molar-refractivity contribution in [3.63, 3.8) is 0 Å². The molecule has 0 aliphatic carbocycles. The van der Waals surface area contributed by atoms with Gasteiger partial charge in [-0.05, 0) is 29.8 Å². The highest BCUT2D eigenvalue weighted by Gasteiger charge is 2.18. The molecular weight excluding hydrogens is 332 g/mol. The summed E-state index contributed by atoms with van der Waals surface area (Å²) in [6.45, 7) is 0. The number of methoxy groups -OCH3 is 1. The van der Waals surface area contributed by atoms with Crippen molar-refractivity contribution in [1.82, 2.24) is 0 Å². The Kier molecular flexibility index (Phi) is 4.37. The van der Waals surface area contributed by atoms with Crippen LogP contribution in [0.4, 0.5) is 0 Å². The molecule has 1 aromatic heterocycles. The van der Waals surface area contributed by atoms with Crippen LogP contribution in [0.5, 0.6) is 5.75 Å². The molecule has 0 amide bonds. The molecule has 5 heteroatoms. The number of hydrogen-bond donors (Lipinski definition) is 1. The van der Waals surface area contributed by atoms with Crippen LogP contribution in [0.1, 0.15) is 9.67 Å². The molecule has 0 unspecified atom stereocenters. The number of benzene rings is 2. The molecule has 2 aromatic carbocycles. The summed E-state index contributed by atoms with van der Waals surface area (Å²) < 4.78 is 5.17. The summed E-state index contributed by atoms with van der Waals surface area (Å²) >= 11 is 7.52. The standard InChI is InChI=1S/C18H13ClO3S/c1-22-12-8-6-11(7-9-12)14-10-16(18(20)21)23-17(14)13-4-2-3-5-15(13)19/h2-10H,1H3,(H,20,21). The summed E-state index contributed by atoms with van der Waals surface area (Å²) in [6.07, 6.45) is 0. The fourth-order valence-electron chi connectivity index (χ4n) is 2.33. The van der Waals surface area contributed by atoms with E-state index in [0.717, 1.165) is 27.3 Å². The molecule has 116 valence electrons. The number of carboxylic acids is 1. The van der Waals surface area contributed by atoms with E-state index in [1.165, 1.54) is 11.3 Å². The van der Waals surface area contributed by atoms with Gasteiger partial charge in [0.2, 0.25) is 0 Å². The maximum absolute atomic E-state index is 11.4. The molecule has 3 nitrogen and oxygen atoms in total. The van der Waals surface area contributed by atoms with Gasteiger partial charge in [0.05, 0.1) is 7.11 Å². The van der Waals surface area contributed by atoms with Gasteiger partial charge in [-0.1, -0.05) is 41.9 Å². The van der Waals surface area contributed by atoms with E-state index < -0.39 is 5.97 Å². The molecule has 1 heterocycles. The van der Waals surface area contributed by atoms with E-state index >= 15 is 0 Å². The van der Waals surface area contributed by atoms with Crippen LogP contribution in [0.2, 0.25) is 5.02 Å². The van der Waals surface area contributed by atoms with Crippen LogP contribution in [0.15, 0.2) is 54.6 Å². The van der Waals surface area contributed by atoms with Gasteiger partial charge in [-0.25, -0.2) is 4.79 Å². The minimum absolute atomic E-state index is 0.283. The minimum Gasteiger partial charge on any atom is -0.497 e. The second-order valence-corrected chi connectivity index (χ2v) is 6.33. The Balaban J connectivity index is 2.18. The average Bonchev–Trinajstić information content (AvgIpc) is 3.01. The Hall–Kier alpha value is -2.30. The van der Waals surface area contributed by atoms with E-state index in [9.17, 15) is 9.90 Å². The van der Waals surface area contributed by atoms with Gasteiger partial charge in [0.15, 0.2) is 0 Å². The van der Waals surface area contributed by atoms with E-state index in [1.54, 1.807) is 19.2 Å². The lowest BCUT2D eigenvalue weighted by atomic mass is 10.0. The van der Waals surface area contributed by atoms with Crippen molar-refractivity contribution < 1.29 is 14.6 Å². The molecule has 0 fully saturated rings. The van der Waals surface area contributed by atoms with Crippen molar-refractivity contribution in [3.8, 4) is 27.3 Å². The van der Waals surface area contributed by atoms with Gasteiger partial charge in [-0.15, -0.1) is 11.3 Å². The molecule has 0 saturated carbocycles. The fraction of sp³-hybridized carbons (Fsp3) is 0.0556. The first-order valence-corrected chi connectivity index (χ1v) is 8.06. The molecule has 0 bridgehead atoms. The van der Waals surface area contributed by atoms with E-state index in [0.29, 0.717) is 5.02 Å². The first-order valence-electron chi connectivity index (χ1n) is 6.86. The van der Waals surface area contributed by atoms with Crippen molar-refractivity contribution in [3.05, 3.63) is 64.5 Å². The van der Waals surface area contributed by atoms with E-state index in [2.05, 4.69) is 0 Å². The summed E-state index contributed by atoms with van der Waals surface area (Å²) in [5.41, 5.74) is 2.60. The van der Waals surface area contributed by atoms with Gasteiger partial charge in [-0.2, -0.15) is 0 Å². The Morgan fingerprint density at radius 2 is 1.78 bits per heavy atom. The third-order valence-corrected chi connectivity index (χ3v) is 4.95. The summed E-state index contributed by atoms with van der Waals surface area (Å²) in [5.74, 6) is -0.190. The lowest BCUT2D eigenvalue weighted by Crippen LogP contribution is -1.89. The second-order valence-electron chi connectivity index (χ2n) is 4.87. The maximum atomic E-state index is 11.4. The van der Waals surface area contributed by atoms with Crippen molar-refractivity contribution in [2.45, 2.75) is 0 Å². The van der Waals surface area contributed by atoms with E-state index in [1.807, 2.05) is 42.5 Å². The molecule has 3 aromatic rings. The van der Waals surface area contributed by atoms with Crippen LogP contribution in [0.3, 0.4) is 0 Å². The van der Waals surface area contributed by atoms with Gasteiger partial charge in [0.1, 0.15) is 10.6 Å². The second kappa shape index (κ2) is 6.44. The Bertz CT molecular complexity index is 853. The van der Waals surface area contributed by atoms with Gasteiger partial charge in [0, 0.05) is 21.0 Å². The first kappa shape index (κ1) is 15.6. The molecular formula is C18H13ClO3S. The quantitative estimate of drug-likeness (QED) is 0.685. The zero-order valence-corrected chi connectivity index (χ0v) is 13.8. The SMILES string of the molecule is COc1ccc(-c2cc(C(=O)O)sc2-c2ccccc2Cl)cc1. The zero-order valence-electron chi connectivity index (χ0n) is 12.2. The van der Waals surface area contributed by atoms with Crippen LogP contribution < -0.4 is 4.74 Å². The highest BCUT2D eigenvalue weighted by molar-refractivity contribution is 7.18. The summed E-state index contributed by atoms with van der Waals surface area (Å²) in [5, 5.41) is 9.92. The largest absolute Gasteiger partial charge is 0.497 e. The molecule has 0 spiro atoms. The summed E-state index contributed by atoms with van der Waals surface area (Å²) in [7, 11) is 1.61. The number of carbonyl (C=O) groups is 1. The van der Waals surface area contributed by atoms with Crippen LogP contribution in [-0.4, -0.2) is 18.2 Å². The normalized spacial score (nSPS) is 10.5. The average molecular weight is 345 g/mol. The number of rotatable bonds is 4. The number of hydrogen-bond acceptors (Lipinski definition) is 3. The minimum atomic E-state index is -0.942. The Labute approximate surface area is 142 Å². The lowest BCUT2D eigenvalue weighted by Gasteiger charge is -2.07. The monoisotopic (exact) mass is 344 g/mol. The van der Waals surface area contributed by atoms with Gasteiger partial charge in [0.25, 0.3) is 0 Å². The molecule has 0 aliphatic heterocycles. The molecule has 0 atom stereocenters. The zero-order chi connectivity index (χ0) is 16.4. The van der Waals surface area contributed by atoms with E-state index in [-0.39, 0.29) is 4.88 Å². The van der Waals surface area contributed by atoms with Gasteiger partial charge >= 0.3 is 5.97 Å². The molecule has 0 aliphatic rings. The van der Waals surface area contributed by atoms with Crippen LogP contribution in [0.25, 0.3) is 21.6 Å². The lowest BCUT2D eigenvalue weighted by molar-refractivity contribution is 0.0702. The maximum Gasteiger partial charge on any atom is 0.345 e. The molecule has 23 heavy (non-hydrogen) atoms. The van der Waals surface area contributed by atoms with Gasteiger partial charge in [-0.3, -0.25) is 0 Å². The fourth-order valence-corrected chi connectivity index (χ4v) is 3.67. The first-order chi connectivity index (χ1) is 11.1. The predicted octanol–water partition coefficient (Wildman–Crippen LogP) is 5.44. The summed E-state index contributed by atoms with van der Waals surface area (Å²) in [4.78, 5) is 12.5. The van der Waals surface area contributed by atoms with Crippen molar-refractivity contribution in [2.75, 3.05) is 7.11 Å². The molecule has 3 rings (SSSR count). The third-order valence-electron chi connectivity index (χ3n) is 3.46. The number of thiophene rings is 1. The molecule has 1 N–H and O–H groups in total. The number of halogens is 1. The van der Waals surface area contributed by atoms with Gasteiger partial charge < -0.3 is 9.84 Å². The Morgan fingerprint density at radius 1 is 1.09 bits per heavy atom. The van der Waals surface area contributed by atoms with E-state index in [4.69, 9.17) is 16.3 Å². The smallest absolute Gasteiger partial charge is 0.345 e. The van der Waals surface area contributed by atoms with Crippen molar-refractivity contribution in [1.29, 1.82) is 0 Å². The summed E-state index contributed by atoms with van der Waals surface area (Å²) in [6, 6.07) is 16.6. The number of aromatic carboxylic acids is 1. The topological polar surface area (TPSA) is 46.5 Å². The molecule has 0 saturated heterocycles. The highest BCUT2D eigenvalue weighted by Crippen LogP contribution is 2.42.